The van der Waals surface area contributed by atoms with E-state index >= 15 is 0 Å². The van der Waals surface area contributed by atoms with Crippen molar-refractivity contribution in [3.05, 3.63) is 69.4 Å². The molecule has 1 amide bonds. The van der Waals surface area contributed by atoms with E-state index in [2.05, 4.69) is 18.4 Å². The van der Waals surface area contributed by atoms with Gasteiger partial charge >= 0.3 is 5.56 Å². The maximum Gasteiger partial charge on any atom is 0.315 e. The van der Waals surface area contributed by atoms with Crippen LogP contribution in [0.25, 0.3) is 10.9 Å². The first-order valence-corrected chi connectivity index (χ1v) is 10.7. The first-order valence-electron chi connectivity index (χ1n) is 10.7. The van der Waals surface area contributed by atoms with Crippen molar-refractivity contribution in [3.8, 4) is 0 Å². The maximum absolute atomic E-state index is 13.6. The molecule has 0 radical (unpaired) electrons. The summed E-state index contributed by atoms with van der Waals surface area (Å²) >= 11 is 0. The second-order valence-electron chi connectivity index (χ2n) is 8.96. The molecule has 2 aromatic heterocycles. The molecule has 0 saturated carbocycles. The number of nitrogens with one attached hydrogen (secondary N) is 1. The van der Waals surface area contributed by atoms with Crippen molar-refractivity contribution in [1.82, 2.24) is 14.0 Å². The predicted molar refractivity (Wildman–Crippen MR) is 116 cm³/mol. The number of benzene rings is 1. The molecule has 2 bridgehead atoms. The zero-order chi connectivity index (χ0) is 21.9. The number of rotatable bonds is 3. The summed E-state index contributed by atoms with van der Waals surface area (Å²) in [6.07, 6.45) is 2.86. The Hall–Kier alpha value is -2.94. The maximum atomic E-state index is 13.6. The smallest absolute Gasteiger partial charge is 0.315 e. The van der Waals surface area contributed by atoms with E-state index in [0.717, 1.165) is 23.0 Å². The van der Waals surface area contributed by atoms with Gasteiger partial charge in [-0.3, -0.25) is 9.59 Å². The van der Waals surface area contributed by atoms with Crippen LogP contribution in [0.5, 0.6) is 0 Å². The number of para-hydroxylation sites is 1. The third kappa shape index (κ3) is 3.18. The van der Waals surface area contributed by atoms with Gasteiger partial charge in [0, 0.05) is 60.5 Å². The Balaban J connectivity index is 1.49. The third-order valence-corrected chi connectivity index (χ3v) is 6.65. The number of hydrogen-bond acceptors (Lipinski definition) is 4. The zero-order valence-corrected chi connectivity index (χ0v) is 17.6. The normalized spacial score (nSPS) is 21.4. The molecular weight excluding hydrogens is 396 g/mol. The molecule has 1 saturated heterocycles. The minimum absolute atomic E-state index is 0.0169. The molecule has 0 aliphatic carbocycles. The lowest BCUT2D eigenvalue weighted by Crippen LogP contribution is -3.00. The molecule has 4 heterocycles. The highest BCUT2D eigenvalue weighted by atomic mass is 16.8. The molecule has 5 rings (SSSR count). The number of fused-ring (bicyclic) bond motifs is 5. The van der Waals surface area contributed by atoms with Crippen LogP contribution >= 0.6 is 0 Å². The van der Waals surface area contributed by atoms with Crippen LogP contribution < -0.4 is 10.8 Å². The Morgan fingerprint density at radius 2 is 1.94 bits per heavy atom. The fourth-order valence-corrected chi connectivity index (χ4v) is 5.25. The van der Waals surface area contributed by atoms with E-state index in [-0.39, 0.29) is 29.5 Å². The molecule has 0 spiro atoms. The van der Waals surface area contributed by atoms with Gasteiger partial charge in [-0.1, -0.05) is 18.2 Å². The number of quaternary nitrogens is 1. The van der Waals surface area contributed by atoms with Crippen molar-refractivity contribution in [3.63, 3.8) is 0 Å². The van der Waals surface area contributed by atoms with Crippen molar-refractivity contribution in [2.75, 3.05) is 13.1 Å². The second kappa shape index (κ2) is 7.33. The molecule has 162 valence electrons. The molecule has 2 aliphatic heterocycles. The SMILES string of the molecule is CC(C)n1cc(C(=O)N2C[C@@H]3C[C@@H](C2)c2ccc([NH+]([O-])O)c(=O)n2C3)c2ccccc21. The number of hydrogen-bond donors (Lipinski definition) is 2. The summed E-state index contributed by atoms with van der Waals surface area (Å²) < 4.78 is 3.74. The van der Waals surface area contributed by atoms with E-state index in [1.165, 1.54) is 6.07 Å². The molecule has 2 aliphatic rings. The lowest BCUT2D eigenvalue weighted by Gasteiger charge is -2.42. The fraction of sp³-hybridized carbons (Fsp3) is 0.391. The average Bonchev–Trinajstić information content (AvgIpc) is 3.13. The number of aromatic nitrogens is 2. The lowest BCUT2D eigenvalue weighted by molar-refractivity contribution is -0.992. The van der Waals surface area contributed by atoms with Gasteiger partial charge < -0.3 is 19.2 Å². The van der Waals surface area contributed by atoms with Crippen LogP contribution in [0.2, 0.25) is 0 Å². The molecule has 3 aromatic rings. The van der Waals surface area contributed by atoms with Crippen molar-refractivity contribution < 1.29 is 15.2 Å². The van der Waals surface area contributed by atoms with Crippen LogP contribution in [-0.4, -0.2) is 38.2 Å². The van der Waals surface area contributed by atoms with Gasteiger partial charge in [-0.15, -0.1) is 0 Å². The fourth-order valence-electron chi connectivity index (χ4n) is 5.25. The molecule has 1 unspecified atom stereocenters. The van der Waals surface area contributed by atoms with Gasteiger partial charge in [0.2, 0.25) is 5.69 Å². The van der Waals surface area contributed by atoms with Gasteiger partial charge in [0.1, 0.15) is 0 Å². The van der Waals surface area contributed by atoms with Crippen LogP contribution in [-0.2, 0) is 6.54 Å². The number of piperidine rings is 1. The van der Waals surface area contributed by atoms with E-state index in [1.807, 2.05) is 35.4 Å². The number of amides is 1. The Bertz CT molecular complexity index is 1230. The monoisotopic (exact) mass is 422 g/mol. The quantitative estimate of drug-likeness (QED) is 0.632. The number of carbonyl (C=O) groups excluding carboxylic acids is 1. The molecule has 1 fully saturated rings. The van der Waals surface area contributed by atoms with Crippen molar-refractivity contribution in [2.45, 2.75) is 38.8 Å². The van der Waals surface area contributed by atoms with Gasteiger partial charge in [-0.25, -0.2) is 5.21 Å². The first kappa shape index (κ1) is 20.0. The van der Waals surface area contributed by atoms with Crippen molar-refractivity contribution in [1.29, 1.82) is 0 Å². The molecule has 3 atom stereocenters. The van der Waals surface area contributed by atoms with E-state index < -0.39 is 10.8 Å². The van der Waals surface area contributed by atoms with E-state index in [9.17, 15) is 20.0 Å². The van der Waals surface area contributed by atoms with Crippen molar-refractivity contribution in [2.24, 2.45) is 5.92 Å². The highest BCUT2D eigenvalue weighted by Gasteiger charge is 2.38. The summed E-state index contributed by atoms with van der Waals surface area (Å²) in [4.78, 5) is 28.1. The minimum atomic E-state index is -1.20. The summed E-state index contributed by atoms with van der Waals surface area (Å²) in [5, 5.41) is 20.4. The molecule has 1 aromatic carbocycles. The van der Waals surface area contributed by atoms with Gasteiger partial charge in [-0.05, 0) is 38.3 Å². The number of likely N-dealkylation sites (tertiary alicyclic amines) is 1. The van der Waals surface area contributed by atoms with E-state index in [1.54, 1.807) is 10.6 Å². The molecule has 2 N–H and O–H groups in total. The van der Waals surface area contributed by atoms with Crippen LogP contribution in [0.4, 0.5) is 5.69 Å². The van der Waals surface area contributed by atoms with E-state index in [4.69, 9.17) is 0 Å². The largest absolute Gasteiger partial charge is 0.595 e. The highest BCUT2D eigenvalue weighted by molar-refractivity contribution is 6.07. The van der Waals surface area contributed by atoms with Crippen LogP contribution in [0.1, 0.15) is 48.3 Å². The minimum Gasteiger partial charge on any atom is -0.595 e. The van der Waals surface area contributed by atoms with Gasteiger partial charge in [-0.2, -0.15) is 5.23 Å². The Morgan fingerprint density at radius 3 is 2.68 bits per heavy atom. The van der Waals surface area contributed by atoms with Crippen molar-refractivity contribution >= 4 is 22.5 Å². The lowest BCUT2D eigenvalue weighted by atomic mass is 9.83. The summed E-state index contributed by atoms with van der Waals surface area (Å²) in [6, 6.07) is 11.4. The predicted octanol–water partition coefficient (Wildman–Crippen LogP) is 2.05. The number of carbonyl (C=O) groups is 1. The van der Waals surface area contributed by atoms with Crippen LogP contribution in [0.15, 0.2) is 47.4 Å². The van der Waals surface area contributed by atoms with Gasteiger partial charge in [0.05, 0.1) is 5.56 Å². The molecule has 31 heavy (non-hydrogen) atoms. The average molecular weight is 422 g/mol. The summed E-state index contributed by atoms with van der Waals surface area (Å²) in [5.41, 5.74) is 1.95. The molecule has 8 heteroatoms. The Labute approximate surface area is 179 Å². The Morgan fingerprint density at radius 1 is 1.16 bits per heavy atom. The first-order chi connectivity index (χ1) is 14.8. The van der Waals surface area contributed by atoms with E-state index in [0.29, 0.717) is 25.2 Å². The van der Waals surface area contributed by atoms with Crippen LogP contribution in [0.3, 0.4) is 0 Å². The topological polar surface area (TPSA) is 95.0 Å². The summed E-state index contributed by atoms with van der Waals surface area (Å²) in [5.74, 6) is 0.184. The summed E-state index contributed by atoms with van der Waals surface area (Å²) in [7, 11) is 0. The zero-order valence-electron chi connectivity index (χ0n) is 17.6. The molecular formula is C23H26N4O4. The highest BCUT2D eigenvalue weighted by Crippen LogP contribution is 2.36. The Kier molecular flexibility index (Phi) is 4.73. The van der Waals surface area contributed by atoms with Gasteiger partial charge in [0.25, 0.3) is 5.91 Å². The second-order valence-corrected chi connectivity index (χ2v) is 8.96. The molecule has 8 nitrogen and oxygen atoms in total. The third-order valence-electron chi connectivity index (χ3n) is 6.65. The van der Waals surface area contributed by atoms with Crippen LogP contribution in [0, 0.1) is 11.1 Å². The standard InChI is InChI=1S/C23H26N4O4/c1-14(2)25-13-18(17-5-3-4-6-20(17)25)22(28)24-10-15-9-16(12-24)19-7-8-21(27(30)31)23(29)26(19)11-15/h3-8,13-16,27,30H,9-12H2,1-2H3/t15-,16-/m0/s1. The summed E-state index contributed by atoms with van der Waals surface area (Å²) in [6.45, 7) is 5.75. The van der Waals surface area contributed by atoms with Gasteiger partial charge in [0.15, 0.2) is 0 Å². The number of nitrogens with zero attached hydrogens (tertiary/aromatic N) is 3. The number of pyridine rings is 1.